The molecule has 0 atom stereocenters. The summed E-state index contributed by atoms with van der Waals surface area (Å²) < 4.78 is 16.2. The maximum Gasteiger partial charge on any atom is 0.260 e. The number of benzene rings is 1. The van der Waals surface area contributed by atoms with Gasteiger partial charge in [-0.2, -0.15) is 0 Å². The average Bonchev–Trinajstić information content (AvgIpc) is 3.08. The fraction of sp³-hybridized carbons (Fsp3) is 0.312. The number of hydrogen-bond acceptors (Lipinski definition) is 4. The molecule has 1 fully saturated rings. The number of nitrogens with zero attached hydrogens (tertiary/aromatic N) is 1. The summed E-state index contributed by atoms with van der Waals surface area (Å²) in [5.41, 5.74) is 0.927. The largest absolute Gasteiger partial charge is 0.484 e. The van der Waals surface area contributed by atoms with Crippen LogP contribution in [0.15, 0.2) is 47.1 Å². The molecule has 110 valence electrons. The van der Waals surface area contributed by atoms with Gasteiger partial charge >= 0.3 is 0 Å². The van der Waals surface area contributed by atoms with Crippen molar-refractivity contribution in [2.75, 3.05) is 32.9 Å². The third-order valence-electron chi connectivity index (χ3n) is 3.37. The van der Waals surface area contributed by atoms with Gasteiger partial charge in [-0.3, -0.25) is 4.79 Å². The third-order valence-corrected chi connectivity index (χ3v) is 3.37. The van der Waals surface area contributed by atoms with Crippen molar-refractivity contribution in [1.29, 1.82) is 0 Å². The summed E-state index contributed by atoms with van der Waals surface area (Å²) in [6.45, 7) is 2.50. The molecular weight excluding hydrogens is 270 g/mol. The minimum Gasteiger partial charge on any atom is -0.484 e. The van der Waals surface area contributed by atoms with Crippen LogP contribution in [0.4, 0.5) is 0 Å². The van der Waals surface area contributed by atoms with Gasteiger partial charge in [0.15, 0.2) is 6.61 Å². The first-order valence-electron chi connectivity index (χ1n) is 6.95. The SMILES string of the molecule is O=C(COc1cccc(-c2ccco2)c1)N1CCOCC1. The van der Waals surface area contributed by atoms with E-state index in [0.717, 1.165) is 11.3 Å². The highest BCUT2D eigenvalue weighted by molar-refractivity contribution is 5.78. The summed E-state index contributed by atoms with van der Waals surface area (Å²) in [5.74, 6) is 1.42. The van der Waals surface area contributed by atoms with Crippen LogP contribution in [0.25, 0.3) is 11.3 Å². The number of rotatable bonds is 4. The molecule has 1 aliphatic rings. The van der Waals surface area contributed by atoms with Crippen LogP contribution in [-0.2, 0) is 9.53 Å². The molecule has 5 nitrogen and oxygen atoms in total. The lowest BCUT2D eigenvalue weighted by atomic mass is 10.2. The molecule has 0 saturated carbocycles. The predicted octanol–water partition coefficient (Wildman–Crippen LogP) is 2.18. The second kappa shape index (κ2) is 6.45. The lowest BCUT2D eigenvalue weighted by Crippen LogP contribution is -2.42. The Morgan fingerprint density at radius 2 is 2.05 bits per heavy atom. The van der Waals surface area contributed by atoms with Crippen molar-refractivity contribution in [3.63, 3.8) is 0 Å². The number of ether oxygens (including phenoxy) is 2. The Morgan fingerprint density at radius 3 is 2.81 bits per heavy atom. The standard InChI is InChI=1S/C16H17NO4/c18-16(17-6-9-19-10-7-17)12-21-14-4-1-3-13(11-14)15-5-2-8-20-15/h1-5,8,11H,6-7,9-10,12H2. The molecule has 0 bridgehead atoms. The molecule has 1 aromatic carbocycles. The van der Waals surface area contributed by atoms with E-state index in [0.29, 0.717) is 32.1 Å². The van der Waals surface area contributed by atoms with Crippen LogP contribution >= 0.6 is 0 Å². The molecule has 2 aromatic rings. The average molecular weight is 287 g/mol. The lowest BCUT2D eigenvalue weighted by Gasteiger charge is -2.26. The van der Waals surface area contributed by atoms with Gasteiger partial charge in [-0.15, -0.1) is 0 Å². The summed E-state index contributed by atoms with van der Waals surface area (Å²) >= 11 is 0. The number of hydrogen-bond donors (Lipinski definition) is 0. The highest BCUT2D eigenvalue weighted by atomic mass is 16.5. The molecule has 1 amide bonds. The summed E-state index contributed by atoms with van der Waals surface area (Å²) in [7, 11) is 0. The van der Waals surface area contributed by atoms with E-state index < -0.39 is 0 Å². The van der Waals surface area contributed by atoms with Crippen LogP contribution in [0.5, 0.6) is 5.75 Å². The van der Waals surface area contributed by atoms with Gasteiger partial charge in [0.1, 0.15) is 11.5 Å². The van der Waals surface area contributed by atoms with Crippen molar-refractivity contribution in [2.24, 2.45) is 0 Å². The van der Waals surface area contributed by atoms with Crippen molar-refractivity contribution in [2.45, 2.75) is 0 Å². The Hall–Kier alpha value is -2.27. The van der Waals surface area contributed by atoms with Crippen molar-refractivity contribution in [3.05, 3.63) is 42.7 Å². The highest BCUT2D eigenvalue weighted by Crippen LogP contribution is 2.24. The topological polar surface area (TPSA) is 51.9 Å². The Bertz CT molecular complexity index is 588. The Labute approximate surface area is 123 Å². The van der Waals surface area contributed by atoms with Crippen molar-refractivity contribution in [1.82, 2.24) is 4.90 Å². The van der Waals surface area contributed by atoms with Crippen LogP contribution in [0, 0.1) is 0 Å². The fourth-order valence-corrected chi connectivity index (χ4v) is 2.23. The monoisotopic (exact) mass is 287 g/mol. The highest BCUT2D eigenvalue weighted by Gasteiger charge is 2.17. The van der Waals surface area contributed by atoms with Gasteiger partial charge in [0.2, 0.25) is 0 Å². The van der Waals surface area contributed by atoms with Crippen molar-refractivity contribution < 1.29 is 18.7 Å². The van der Waals surface area contributed by atoms with E-state index in [-0.39, 0.29) is 12.5 Å². The molecule has 1 aromatic heterocycles. The van der Waals surface area contributed by atoms with Gasteiger partial charge in [0, 0.05) is 18.7 Å². The molecule has 0 radical (unpaired) electrons. The number of morpholine rings is 1. The molecule has 1 aliphatic heterocycles. The van der Waals surface area contributed by atoms with E-state index in [1.165, 1.54) is 0 Å². The van der Waals surface area contributed by atoms with Crippen LogP contribution in [0.1, 0.15) is 0 Å². The molecule has 0 aliphatic carbocycles. The molecule has 21 heavy (non-hydrogen) atoms. The normalized spacial score (nSPS) is 15.0. The van der Waals surface area contributed by atoms with Crippen molar-refractivity contribution >= 4 is 5.91 Å². The van der Waals surface area contributed by atoms with Gasteiger partial charge < -0.3 is 18.8 Å². The van der Waals surface area contributed by atoms with Crippen LogP contribution in [-0.4, -0.2) is 43.7 Å². The van der Waals surface area contributed by atoms with Gasteiger partial charge in [0.25, 0.3) is 5.91 Å². The van der Waals surface area contributed by atoms with E-state index in [1.807, 2.05) is 36.4 Å². The third kappa shape index (κ3) is 3.44. The molecule has 0 spiro atoms. The number of amides is 1. The second-order valence-corrected chi connectivity index (χ2v) is 4.79. The fourth-order valence-electron chi connectivity index (χ4n) is 2.23. The first-order valence-corrected chi connectivity index (χ1v) is 6.95. The number of carbonyl (C=O) groups excluding carboxylic acids is 1. The molecular formula is C16H17NO4. The molecule has 0 N–H and O–H groups in total. The summed E-state index contributed by atoms with van der Waals surface area (Å²) in [6, 6.07) is 11.2. The molecule has 0 unspecified atom stereocenters. The van der Waals surface area contributed by atoms with Crippen LogP contribution in [0.2, 0.25) is 0 Å². The van der Waals surface area contributed by atoms with Crippen LogP contribution in [0.3, 0.4) is 0 Å². The van der Waals surface area contributed by atoms with E-state index in [9.17, 15) is 4.79 Å². The van der Waals surface area contributed by atoms with Gasteiger partial charge in [-0.05, 0) is 24.3 Å². The number of furan rings is 1. The van der Waals surface area contributed by atoms with E-state index >= 15 is 0 Å². The Balaban J connectivity index is 1.60. The lowest BCUT2D eigenvalue weighted by molar-refractivity contribution is -0.137. The molecule has 2 heterocycles. The minimum atomic E-state index is -0.0123. The van der Waals surface area contributed by atoms with Gasteiger partial charge in [-0.25, -0.2) is 0 Å². The molecule has 5 heteroatoms. The number of carbonyl (C=O) groups is 1. The zero-order chi connectivity index (χ0) is 14.5. The summed E-state index contributed by atoms with van der Waals surface area (Å²) in [5, 5.41) is 0. The first-order chi connectivity index (χ1) is 10.3. The smallest absolute Gasteiger partial charge is 0.260 e. The van der Waals surface area contributed by atoms with Crippen LogP contribution < -0.4 is 4.74 Å². The minimum absolute atomic E-state index is 0.0123. The predicted molar refractivity (Wildman–Crippen MR) is 77.0 cm³/mol. The van der Waals surface area contributed by atoms with Gasteiger partial charge in [0.05, 0.1) is 19.5 Å². The molecule has 1 saturated heterocycles. The first kappa shape index (κ1) is 13.7. The maximum atomic E-state index is 12.0. The summed E-state index contributed by atoms with van der Waals surface area (Å²) in [6.07, 6.45) is 1.63. The quantitative estimate of drug-likeness (QED) is 0.865. The Morgan fingerprint density at radius 1 is 1.19 bits per heavy atom. The zero-order valence-corrected chi connectivity index (χ0v) is 11.7. The second-order valence-electron chi connectivity index (χ2n) is 4.79. The molecule has 3 rings (SSSR count). The maximum absolute atomic E-state index is 12.0. The van der Waals surface area contributed by atoms with E-state index in [4.69, 9.17) is 13.9 Å². The van der Waals surface area contributed by atoms with Gasteiger partial charge in [-0.1, -0.05) is 12.1 Å². The zero-order valence-electron chi connectivity index (χ0n) is 11.7. The van der Waals surface area contributed by atoms with Crippen molar-refractivity contribution in [3.8, 4) is 17.1 Å². The summed E-state index contributed by atoms with van der Waals surface area (Å²) in [4.78, 5) is 13.8. The van der Waals surface area contributed by atoms with E-state index in [1.54, 1.807) is 11.2 Å². The van der Waals surface area contributed by atoms with E-state index in [2.05, 4.69) is 0 Å². The Kier molecular flexibility index (Phi) is 4.21.